The summed E-state index contributed by atoms with van der Waals surface area (Å²) in [4.78, 5) is 24.4. The van der Waals surface area contributed by atoms with Gasteiger partial charge in [0.25, 0.3) is 5.06 Å². The zero-order valence-corrected chi connectivity index (χ0v) is 12.5. The number of carbonyl (C=O) groups is 2. The number of alkyl halides is 1. The van der Waals surface area contributed by atoms with Crippen molar-refractivity contribution < 1.29 is 19.1 Å². The van der Waals surface area contributed by atoms with Gasteiger partial charge in [0.15, 0.2) is 0 Å². The first-order valence-electron chi connectivity index (χ1n) is 7.13. The fourth-order valence-electron chi connectivity index (χ4n) is 3.68. The summed E-state index contributed by atoms with van der Waals surface area (Å²) in [6.07, 6.45) is 2.56. The van der Waals surface area contributed by atoms with Crippen LogP contribution in [0.4, 0.5) is 0 Å². The molecule has 1 saturated heterocycles. The van der Waals surface area contributed by atoms with E-state index in [-0.39, 0.29) is 17.8 Å². The van der Waals surface area contributed by atoms with Crippen LogP contribution in [0.1, 0.15) is 30.7 Å². The summed E-state index contributed by atoms with van der Waals surface area (Å²) in [5, 5.41) is -1.67. The zero-order valence-electron chi connectivity index (χ0n) is 11.8. The van der Waals surface area contributed by atoms with Crippen molar-refractivity contribution >= 4 is 23.5 Å². The van der Waals surface area contributed by atoms with Crippen molar-refractivity contribution in [2.45, 2.75) is 30.2 Å². The van der Waals surface area contributed by atoms with Gasteiger partial charge in [0.2, 0.25) is 0 Å². The number of halogens is 1. The van der Waals surface area contributed by atoms with Crippen molar-refractivity contribution in [1.29, 1.82) is 0 Å². The van der Waals surface area contributed by atoms with Gasteiger partial charge in [0.1, 0.15) is 0 Å². The molecule has 0 N–H and O–H groups in total. The lowest BCUT2D eigenvalue weighted by Gasteiger charge is -2.41. The Kier molecular flexibility index (Phi) is 3.66. The minimum Gasteiger partial charge on any atom is -0.465 e. The Morgan fingerprint density at radius 2 is 2.05 bits per heavy atom. The van der Waals surface area contributed by atoms with Crippen molar-refractivity contribution in [2.24, 2.45) is 11.8 Å². The van der Waals surface area contributed by atoms with Gasteiger partial charge < -0.3 is 9.47 Å². The van der Waals surface area contributed by atoms with E-state index < -0.39 is 17.0 Å². The van der Waals surface area contributed by atoms with Crippen molar-refractivity contribution in [3.63, 3.8) is 0 Å². The molecule has 112 valence electrons. The van der Waals surface area contributed by atoms with E-state index in [9.17, 15) is 9.59 Å². The number of benzene rings is 1. The minimum absolute atomic E-state index is 0.0187. The lowest BCUT2D eigenvalue weighted by atomic mass is 9.75. The van der Waals surface area contributed by atoms with E-state index in [1.807, 2.05) is 30.3 Å². The molecule has 0 aromatic heterocycles. The average molecular weight is 309 g/mol. The van der Waals surface area contributed by atoms with Gasteiger partial charge >= 0.3 is 11.9 Å². The van der Waals surface area contributed by atoms with Crippen LogP contribution in [0, 0.1) is 11.8 Å². The molecular weight excluding hydrogens is 292 g/mol. The molecule has 21 heavy (non-hydrogen) atoms. The minimum atomic E-state index is -1.67. The predicted octanol–water partition coefficient (Wildman–Crippen LogP) is 2.85. The van der Waals surface area contributed by atoms with E-state index in [2.05, 4.69) is 0 Å². The molecule has 2 fully saturated rings. The van der Waals surface area contributed by atoms with E-state index in [0.29, 0.717) is 0 Å². The van der Waals surface area contributed by atoms with Gasteiger partial charge in [-0.3, -0.25) is 4.79 Å². The van der Waals surface area contributed by atoms with Crippen molar-refractivity contribution in [3.8, 4) is 0 Å². The van der Waals surface area contributed by atoms with Gasteiger partial charge in [-0.25, -0.2) is 4.79 Å². The smallest absolute Gasteiger partial charge is 0.366 e. The Balaban J connectivity index is 1.98. The van der Waals surface area contributed by atoms with Gasteiger partial charge in [0, 0.05) is 5.92 Å². The van der Waals surface area contributed by atoms with E-state index in [1.54, 1.807) is 0 Å². The van der Waals surface area contributed by atoms with Crippen LogP contribution >= 0.6 is 11.6 Å². The molecule has 1 aromatic carbocycles. The normalized spacial score (nSPS) is 35.0. The molecule has 1 aromatic rings. The number of carbonyl (C=O) groups excluding carboxylic acids is 2. The summed E-state index contributed by atoms with van der Waals surface area (Å²) >= 11 is 6.36. The van der Waals surface area contributed by atoms with Crippen LogP contribution in [0.25, 0.3) is 0 Å². The van der Waals surface area contributed by atoms with Crippen LogP contribution in [0.15, 0.2) is 30.3 Å². The van der Waals surface area contributed by atoms with Crippen LogP contribution in [-0.4, -0.2) is 24.1 Å². The molecule has 1 aliphatic heterocycles. The van der Waals surface area contributed by atoms with E-state index in [4.69, 9.17) is 21.1 Å². The zero-order chi connectivity index (χ0) is 15.0. The van der Waals surface area contributed by atoms with Gasteiger partial charge in [-0.15, -0.1) is 0 Å². The third kappa shape index (κ3) is 2.22. The summed E-state index contributed by atoms with van der Waals surface area (Å²) < 4.78 is 10.1. The number of ether oxygens (including phenoxy) is 2. The fourth-order valence-corrected chi connectivity index (χ4v) is 4.11. The molecule has 1 heterocycles. The highest BCUT2D eigenvalue weighted by Crippen LogP contribution is 2.53. The first-order chi connectivity index (χ1) is 10.1. The second kappa shape index (κ2) is 5.34. The highest BCUT2D eigenvalue weighted by molar-refractivity contribution is 6.34. The largest absolute Gasteiger partial charge is 0.465 e. The number of hydrogen-bond acceptors (Lipinski definition) is 4. The first kappa shape index (κ1) is 14.4. The topological polar surface area (TPSA) is 52.6 Å². The Hall–Kier alpha value is -1.55. The lowest BCUT2D eigenvalue weighted by molar-refractivity contribution is -0.187. The van der Waals surface area contributed by atoms with E-state index >= 15 is 0 Å². The summed E-state index contributed by atoms with van der Waals surface area (Å²) in [7, 11) is 1.26. The Bertz CT molecular complexity index is 559. The molecule has 5 heteroatoms. The van der Waals surface area contributed by atoms with E-state index in [1.165, 1.54) is 7.11 Å². The van der Waals surface area contributed by atoms with Gasteiger partial charge in [0.05, 0.1) is 13.0 Å². The maximum atomic E-state index is 12.5. The number of hydrogen-bond donors (Lipinski definition) is 0. The van der Waals surface area contributed by atoms with Crippen LogP contribution < -0.4 is 0 Å². The van der Waals surface area contributed by atoms with Crippen LogP contribution in [0.3, 0.4) is 0 Å². The second-order valence-corrected chi connectivity index (χ2v) is 6.21. The summed E-state index contributed by atoms with van der Waals surface area (Å²) in [5.74, 6) is -1.65. The molecule has 0 bridgehead atoms. The standard InChI is InChI=1S/C16H17ClO4/c1-20-15(19)16(17)12-9-5-8-11(12)13(14(18)21-16)10-6-3-2-4-7-10/h2-4,6-7,11-13H,5,8-9H2,1H3/t11-,12+,13-,16-/m0/s1. The maximum Gasteiger partial charge on any atom is 0.366 e. The third-order valence-electron chi connectivity index (χ3n) is 4.60. The first-order valence-corrected chi connectivity index (χ1v) is 7.51. The molecule has 4 atom stereocenters. The molecule has 3 rings (SSSR count). The number of fused-ring (bicyclic) bond motifs is 1. The average Bonchev–Trinajstić information content (AvgIpc) is 2.97. The monoisotopic (exact) mass is 308 g/mol. The van der Waals surface area contributed by atoms with Crippen molar-refractivity contribution in [3.05, 3.63) is 35.9 Å². The third-order valence-corrected chi connectivity index (χ3v) is 5.11. The summed E-state index contributed by atoms with van der Waals surface area (Å²) in [6, 6.07) is 9.54. The molecular formula is C16H17ClO4. The summed E-state index contributed by atoms with van der Waals surface area (Å²) in [5.41, 5.74) is 0.919. The van der Waals surface area contributed by atoms with Gasteiger partial charge in [-0.1, -0.05) is 48.4 Å². The lowest BCUT2D eigenvalue weighted by Crippen LogP contribution is -2.53. The number of esters is 2. The Morgan fingerprint density at radius 3 is 2.71 bits per heavy atom. The van der Waals surface area contributed by atoms with Crippen molar-refractivity contribution in [1.82, 2.24) is 0 Å². The molecule has 4 nitrogen and oxygen atoms in total. The summed E-state index contributed by atoms with van der Waals surface area (Å²) in [6.45, 7) is 0. The maximum absolute atomic E-state index is 12.5. The van der Waals surface area contributed by atoms with Crippen LogP contribution in [-0.2, 0) is 19.1 Å². The van der Waals surface area contributed by atoms with Gasteiger partial charge in [-0.2, -0.15) is 0 Å². The van der Waals surface area contributed by atoms with E-state index in [0.717, 1.165) is 24.8 Å². The quantitative estimate of drug-likeness (QED) is 0.623. The molecule has 2 aliphatic rings. The SMILES string of the molecule is COC(=O)[C@@]1(Cl)OC(=O)[C@@H](c2ccccc2)[C@H]2CCC[C@H]21. The predicted molar refractivity (Wildman–Crippen MR) is 76.7 cm³/mol. The molecule has 1 saturated carbocycles. The molecule has 0 unspecified atom stereocenters. The number of rotatable bonds is 2. The second-order valence-electron chi connectivity index (χ2n) is 5.65. The molecule has 1 aliphatic carbocycles. The Morgan fingerprint density at radius 1 is 1.33 bits per heavy atom. The van der Waals surface area contributed by atoms with Crippen LogP contribution in [0.2, 0.25) is 0 Å². The number of cyclic esters (lactones) is 1. The molecule has 0 radical (unpaired) electrons. The molecule has 0 amide bonds. The molecule has 0 spiro atoms. The highest BCUT2D eigenvalue weighted by atomic mass is 35.5. The number of methoxy groups -OCH3 is 1. The highest BCUT2D eigenvalue weighted by Gasteiger charge is 2.60. The fraction of sp³-hybridized carbons (Fsp3) is 0.500. The van der Waals surface area contributed by atoms with Crippen LogP contribution in [0.5, 0.6) is 0 Å². The Labute approximate surface area is 128 Å². The van der Waals surface area contributed by atoms with Gasteiger partial charge in [-0.05, 0) is 24.3 Å². The van der Waals surface area contributed by atoms with Crippen molar-refractivity contribution in [2.75, 3.05) is 7.11 Å².